The van der Waals surface area contributed by atoms with Gasteiger partial charge in [0.25, 0.3) is 0 Å². The fraction of sp³-hybridized carbons (Fsp3) is 0.824. The van der Waals surface area contributed by atoms with Gasteiger partial charge in [-0.05, 0) is 85.1 Å². The molecule has 0 aliphatic heterocycles. The van der Waals surface area contributed by atoms with Crippen molar-refractivity contribution in [1.82, 2.24) is 19.9 Å². The molecule has 0 aliphatic rings. The van der Waals surface area contributed by atoms with Crippen molar-refractivity contribution in [2.75, 3.05) is 19.1 Å². The van der Waals surface area contributed by atoms with Gasteiger partial charge in [-0.3, -0.25) is 4.90 Å². The summed E-state index contributed by atoms with van der Waals surface area (Å²) in [6, 6.07) is 8.19. The van der Waals surface area contributed by atoms with Crippen LogP contribution in [0.2, 0.25) is 0 Å². The van der Waals surface area contributed by atoms with E-state index in [9.17, 15) is 0 Å². The maximum Gasteiger partial charge on any atom is 0.248 e. The van der Waals surface area contributed by atoms with Gasteiger partial charge in [-0.1, -0.05) is 118 Å². The van der Waals surface area contributed by atoms with Crippen LogP contribution in [0.5, 0.6) is 0 Å². The minimum atomic E-state index is -2.51. The van der Waals surface area contributed by atoms with E-state index in [-0.39, 0.29) is 27.2 Å². The molecule has 43 heavy (non-hydrogen) atoms. The normalized spacial score (nSPS) is 14.3. The van der Waals surface area contributed by atoms with Crippen LogP contribution < -0.4 is 0 Å². The molecule has 248 valence electrons. The van der Waals surface area contributed by atoms with E-state index >= 15 is 0 Å². The molecule has 0 atom stereocenters. The molecule has 6 nitrogen and oxygen atoms in total. The molecular weight excluding hydrogens is 592 g/mol. The van der Waals surface area contributed by atoms with E-state index < -0.39 is 5.69 Å². The van der Waals surface area contributed by atoms with Gasteiger partial charge in [0, 0.05) is 5.54 Å². The molecule has 0 aliphatic carbocycles. The fourth-order valence-corrected chi connectivity index (χ4v) is 9.78. The highest BCUT2D eigenvalue weighted by Gasteiger charge is 2.47. The molecule has 1 aromatic heterocycles. The number of hydrogen-bond donors (Lipinski definition) is 0. The van der Waals surface area contributed by atoms with Crippen molar-refractivity contribution < 1.29 is 9.05 Å². The van der Waals surface area contributed by atoms with Crippen molar-refractivity contribution in [2.45, 2.75) is 141 Å². The molecule has 0 N–H and O–H groups in total. The van der Waals surface area contributed by atoms with E-state index in [4.69, 9.17) is 20.9 Å². The van der Waals surface area contributed by atoms with Crippen LogP contribution in [-0.2, 0) is 27.5 Å². The Hall–Kier alpha value is -0.500. The second kappa shape index (κ2) is 15.4. The van der Waals surface area contributed by atoms with Gasteiger partial charge >= 0.3 is 0 Å². The van der Waals surface area contributed by atoms with Crippen LogP contribution in [0, 0.1) is 21.7 Å². The second-order valence-electron chi connectivity index (χ2n) is 15.9. The van der Waals surface area contributed by atoms with E-state index in [1.807, 2.05) is 16.8 Å². The van der Waals surface area contributed by atoms with Crippen LogP contribution >= 0.6 is 17.1 Å². The number of hydrogen-bond acceptors (Lipinski definition) is 7. The first-order valence-electron chi connectivity index (χ1n) is 16.3. The molecule has 1 aromatic carbocycles. The van der Waals surface area contributed by atoms with Crippen molar-refractivity contribution in [3.05, 3.63) is 24.3 Å². The predicted molar refractivity (Wildman–Crippen MR) is 192 cm³/mol. The van der Waals surface area contributed by atoms with Gasteiger partial charge in [-0.15, -0.1) is 5.10 Å². The Labute approximate surface area is 273 Å². The molecule has 0 radical (unpaired) electrons. The quantitative estimate of drug-likeness (QED) is 0.0848. The highest BCUT2D eigenvalue weighted by Crippen LogP contribution is 2.62. The first kappa shape index (κ1) is 38.7. The summed E-state index contributed by atoms with van der Waals surface area (Å²) in [5, 5.41) is 9.03. The van der Waals surface area contributed by atoms with Crippen LogP contribution in [-0.4, -0.2) is 44.5 Å². The van der Waals surface area contributed by atoms with E-state index in [2.05, 4.69) is 117 Å². The van der Waals surface area contributed by atoms with Gasteiger partial charge in [0.15, 0.2) is 0 Å². The lowest BCUT2D eigenvalue weighted by molar-refractivity contribution is -0.0347. The van der Waals surface area contributed by atoms with Crippen molar-refractivity contribution in [3.8, 4) is 0 Å². The van der Waals surface area contributed by atoms with E-state index in [0.717, 1.165) is 49.6 Å². The highest BCUT2D eigenvalue weighted by atomic mass is 32.9. The van der Waals surface area contributed by atoms with E-state index in [1.54, 1.807) is 11.4 Å². The summed E-state index contributed by atoms with van der Waals surface area (Å²) in [5.74, 6) is 0.695. The third-order valence-corrected chi connectivity index (χ3v) is 15.3. The molecular formula is C34H63N4O2PS2. The van der Waals surface area contributed by atoms with Gasteiger partial charge < -0.3 is 9.05 Å². The van der Waals surface area contributed by atoms with Crippen LogP contribution in [0.4, 0.5) is 0 Å². The van der Waals surface area contributed by atoms with Crippen LogP contribution in [0.25, 0.3) is 11.0 Å². The molecule has 9 heteroatoms. The van der Waals surface area contributed by atoms with Crippen LogP contribution in [0.1, 0.15) is 129 Å². The summed E-state index contributed by atoms with van der Waals surface area (Å²) in [6.45, 7) is 32.8. The maximum atomic E-state index is 6.33. The molecule has 2 aromatic rings. The smallest absolute Gasteiger partial charge is 0.248 e. The Kier molecular flexibility index (Phi) is 13.8. The van der Waals surface area contributed by atoms with Crippen molar-refractivity contribution >= 4 is 39.9 Å². The summed E-state index contributed by atoms with van der Waals surface area (Å²) < 4.78 is 14.7. The molecule has 0 saturated heterocycles. The molecule has 0 bridgehead atoms. The Bertz CT molecular complexity index is 1170. The van der Waals surface area contributed by atoms with Gasteiger partial charge in [-0.2, -0.15) is 0 Å². The number of rotatable bonds is 19. The summed E-state index contributed by atoms with van der Waals surface area (Å²) in [7, 11) is 0. The first-order chi connectivity index (χ1) is 19.7. The maximum absolute atomic E-state index is 6.33. The Morgan fingerprint density at radius 2 is 1.35 bits per heavy atom. The number of para-hydroxylation sites is 1. The SMILES string of the molecule is CCCCOP(=S)(OCCCC)SCN(Cn1nnc2ccccc21)C(C)(C)CC(C)(C)C(C)(C)CC(C)(C)C(C)(C)C. The van der Waals surface area contributed by atoms with Crippen LogP contribution in [0.15, 0.2) is 24.3 Å². The average Bonchev–Trinajstić information content (AvgIpc) is 3.27. The van der Waals surface area contributed by atoms with Gasteiger partial charge in [0.2, 0.25) is 5.69 Å². The number of benzene rings is 1. The zero-order valence-corrected chi connectivity index (χ0v) is 32.3. The fourth-order valence-electron chi connectivity index (χ4n) is 5.53. The number of nitrogens with zero attached hydrogens (tertiary/aromatic N) is 4. The minimum absolute atomic E-state index is 0.0574. The van der Waals surface area contributed by atoms with E-state index in [1.165, 1.54) is 0 Å². The average molecular weight is 655 g/mol. The lowest BCUT2D eigenvalue weighted by Gasteiger charge is -2.53. The van der Waals surface area contributed by atoms with Gasteiger partial charge in [0.1, 0.15) is 5.52 Å². The predicted octanol–water partition coefficient (Wildman–Crippen LogP) is 10.9. The monoisotopic (exact) mass is 654 g/mol. The standard InChI is InChI=1S/C34H63N4O2PS2/c1-14-16-22-39-41(42,40-23-17-15-2)43-27-37(26-38-29-21-19-18-20-28(29)35-36-38)34(12,13)25-33(10,11)32(8,9)24-31(6,7)30(3,4)5/h18-21H,14-17,22-27H2,1-13H3. The molecule has 0 amide bonds. The largest absolute Gasteiger partial charge is 0.322 e. The highest BCUT2D eigenvalue weighted by molar-refractivity contribution is 8.67. The van der Waals surface area contributed by atoms with Crippen molar-refractivity contribution in [3.63, 3.8) is 0 Å². The van der Waals surface area contributed by atoms with Gasteiger partial charge in [0.05, 0.1) is 31.3 Å². The molecule has 0 unspecified atom stereocenters. The molecule has 2 rings (SSSR count). The van der Waals surface area contributed by atoms with Crippen molar-refractivity contribution in [1.29, 1.82) is 0 Å². The number of fused-ring (bicyclic) bond motifs is 1. The number of aromatic nitrogens is 3. The molecule has 1 heterocycles. The van der Waals surface area contributed by atoms with Crippen LogP contribution in [0.3, 0.4) is 0 Å². The minimum Gasteiger partial charge on any atom is -0.322 e. The summed E-state index contributed by atoms with van der Waals surface area (Å²) >= 11 is 7.81. The lowest BCUT2D eigenvalue weighted by Crippen LogP contribution is -2.51. The zero-order chi connectivity index (χ0) is 32.7. The Balaban J connectivity index is 2.41. The zero-order valence-electron chi connectivity index (χ0n) is 29.7. The van der Waals surface area contributed by atoms with E-state index in [0.29, 0.717) is 25.8 Å². The third kappa shape index (κ3) is 10.8. The second-order valence-corrected chi connectivity index (χ2v) is 22.2. The summed E-state index contributed by atoms with van der Waals surface area (Å²) in [6.07, 6.45) is 6.28. The van der Waals surface area contributed by atoms with Crippen molar-refractivity contribution in [2.24, 2.45) is 21.7 Å². The first-order valence-corrected chi connectivity index (χ1v) is 20.5. The third-order valence-electron chi connectivity index (χ3n) is 10.1. The molecule has 0 saturated carbocycles. The summed E-state index contributed by atoms with van der Waals surface area (Å²) in [5.41, 5.74) is -0.133. The lowest BCUT2D eigenvalue weighted by atomic mass is 9.54. The topological polar surface area (TPSA) is 52.4 Å². The van der Waals surface area contributed by atoms with Gasteiger partial charge in [-0.25, -0.2) is 4.68 Å². The Morgan fingerprint density at radius 3 is 1.88 bits per heavy atom. The summed E-state index contributed by atoms with van der Waals surface area (Å²) in [4.78, 5) is 2.51. The number of unbranched alkanes of at least 4 members (excludes halogenated alkanes) is 2. The molecule has 0 spiro atoms. The molecule has 0 fully saturated rings. The Morgan fingerprint density at radius 1 is 0.814 bits per heavy atom.